The number of piperidine rings is 1. The third-order valence-corrected chi connectivity index (χ3v) is 4.37. The minimum atomic E-state index is -0.218. The van der Waals surface area contributed by atoms with Crippen LogP contribution in [0.3, 0.4) is 0 Å². The Kier molecular flexibility index (Phi) is 6.52. The summed E-state index contributed by atoms with van der Waals surface area (Å²) in [5, 5.41) is 2.89. The molecule has 0 bridgehead atoms. The molecule has 2 amide bonds. The van der Waals surface area contributed by atoms with Gasteiger partial charge in [0, 0.05) is 44.5 Å². The molecule has 1 aromatic rings. The van der Waals surface area contributed by atoms with Crippen molar-refractivity contribution in [1.29, 1.82) is 0 Å². The van der Waals surface area contributed by atoms with Crippen LogP contribution in [0.2, 0.25) is 0 Å². The largest absolute Gasteiger partial charge is 0.354 e. The lowest BCUT2D eigenvalue weighted by Crippen LogP contribution is -2.50. The molecule has 6 nitrogen and oxygen atoms in total. The van der Waals surface area contributed by atoms with Crippen molar-refractivity contribution in [2.75, 3.05) is 19.6 Å². The molecular formula is C17H26N4O2. The lowest BCUT2D eigenvalue weighted by Gasteiger charge is -2.37. The molecule has 0 radical (unpaired) electrons. The number of hydrogen-bond acceptors (Lipinski definition) is 4. The predicted octanol–water partition coefficient (Wildman–Crippen LogP) is 1.03. The van der Waals surface area contributed by atoms with Gasteiger partial charge in [-0.25, -0.2) is 0 Å². The third-order valence-electron chi connectivity index (χ3n) is 4.37. The quantitative estimate of drug-likeness (QED) is 0.820. The van der Waals surface area contributed by atoms with E-state index in [1.165, 1.54) is 0 Å². The van der Waals surface area contributed by atoms with Gasteiger partial charge in [-0.05, 0) is 37.8 Å². The molecule has 0 aliphatic carbocycles. The number of nitrogens with one attached hydrogen (secondary N) is 1. The highest BCUT2D eigenvalue weighted by Gasteiger charge is 2.30. The van der Waals surface area contributed by atoms with Gasteiger partial charge < -0.3 is 16.0 Å². The summed E-state index contributed by atoms with van der Waals surface area (Å²) in [6.45, 7) is 3.51. The average molecular weight is 318 g/mol. The molecule has 2 heterocycles. The molecule has 1 aliphatic rings. The highest BCUT2D eigenvalue weighted by Crippen LogP contribution is 2.23. The summed E-state index contributed by atoms with van der Waals surface area (Å²) in [6, 6.07) is 3.84. The van der Waals surface area contributed by atoms with Gasteiger partial charge in [0.15, 0.2) is 0 Å². The van der Waals surface area contributed by atoms with Crippen LogP contribution in [0.4, 0.5) is 0 Å². The number of nitrogens with two attached hydrogens (primary N) is 1. The molecular weight excluding hydrogens is 292 g/mol. The number of likely N-dealkylation sites (tertiary alicyclic amines) is 1. The summed E-state index contributed by atoms with van der Waals surface area (Å²) in [4.78, 5) is 30.5. The molecule has 1 fully saturated rings. The molecule has 0 aromatic carbocycles. The van der Waals surface area contributed by atoms with E-state index < -0.39 is 0 Å². The summed E-state index contributed by atoms with van der Waals surface area (Å²) < 4.78 is 0. The summed E-state index contributed by atoms with van der Waals surface area (Å²) in [5.74, 6) is -0.161. The lowest BCUT2D eigenvalue weighted by atomic mass is 9.96. The van der Waals surface area contributed by atoms with Crippen molar-refractivity contribution in [3.63, 3.8) is 0 Å². The van der Waals surface area contributed by atoms with Crippen LogP contribution in [-0.4, -0.2) is 47.4 Å². The van der Waals surface area contributed by atoms with Gasteiger partial charge in [-0.2, -0.15) is 0 Å². The van der Waals surface area contributed by atoms with E-state index in [9.17, 15) is 9.59 Å². The maximum absolute atomic E-state index is 12.8. The number of amides is 2. The summed E-state index contributed by atoms with van der Waals surface area (Å²) in [7, 11) is 0. The van der Waals surface area contributed by atoms with Gasteiger partial charge in [-0.3, -0.25) is 14.6 Å². The molecule has 0 spiro atoms. The van der Waals surface area contributed by atoms with Crippen molar-refractivity contribution in [1.82, 2.24) is 15.2 Å². The second-order valence-corrected chi connectivity index (χ2v) is 6.03. The average Bonchev–Trinajstić information content (AvgIpc) is 2.60. The van der Waals surface area contributed by atoms with Crippen molar-refractivity contribution in [3.8, 4) is 0 Å². The van der Waals surface area contributed by atoms with E-state index >= 15 is 0 Å². The molecule has 2 rings (SSSR count). The minimum absolute atomic E-state index is 0.0502. The fourth-order valence-electron chi connectivity index (χ4n) is 2.98. The zero-order chi connectivity index (χ0) is 16.7. The Morgan fingerprint density at radius 2 is 2.30 bits per heavy atom. The topological polar surface area (TPSA) is 88.3 Å². The summed E-state index contributed by atoms with van der Waals surface area (Å²) in [5.41, 5.74) is 6.31. The zero-order valence-electron chi connectivity index (χ0n) is 13.7. The molecule has 1 aliphatic heterocycles. The van der Waals surface area contributed by atoms with Gasteiger partial charge in [0.1, 0.15) is 0 Å². The van der Waals surface area contributed by atoms with Crippen LogP contribution in [0, 0.1) is 0 Å². The van der Waals surface area contributed by atoms with Gasteiger partial charge in [0.2, 0.25) is 11.8 Å². The second kappa shape index (κ2) is 8.62. The van der Waals surface area contributed by atoms with Crippen molar-refractivity contribution < 1.29 is 9.59 Å². The molecule has 1 aromatic heterocycles. The Balaban J connectivity index is 1.99. The van der Waals surface area contributed by atoms with E-state index in [2.05, 4.69) is 10.3 Å². The molecule has 3 N–H and O–H groups in total. The Bertz CT molecular complexity index is 521. The molecule has 1 saturated heterocycles. The molecule has 0 saturated carbocycles. The van der Waals surface area contributed by atoms with E-state index in [1.807, 2.05) is 24.0 Å². The minimum Gasteiger partial charge on any atom is -0.354 e. The van der Waals surface area contributed by atoms with E-state index in [0.29, 0.717) is 19.5 Å². The van der Waals surface area contributed by atoms with Crippen molar-refractivity contribution >= 4 is 11.8 Å². The zero-order valence-corrected chi connectivity index (χ0v) is 13.7. The number of carbonyl (C=O) groups is 2. The van der Waals surface area contributed by atoms with Gasteiger partial charge in [0.25, 0.3) is 0 Å². The maximum Gasteiger partial charge on any atom is 0.230 e. The van der Waals surface area contributed by atoms with Crippen LogP contribution in [-0.2, 0) is 9.59 Å². The Morgan fingerprint density at radius 1 is 1.48 bits per heavy atom. The third kappa shape index (κ3) is 4.76. The van der Waals surface area contributed by atoms with E-state index in [1.54, 1.807) is 12.4 Å². The molecule has 6 heteroatoms. The van der Waals surface area contributed by atoms with Gasteiger partial charge in [0.05, 0.1) is 5.92 Å². The van der Waals surface area contributed by atoms with Crippen molar-refractivity contribution in [2.24, 2.45) is 5.73 Å². The molecule has 126 valence electrons. The fourth-order valence-corrected chi connectivity index (χ4v) is 2.98. The number of aromatic nitrogens is 1. The first-order valence-corrected chi connectivity index (χ1v) is 8.30. The SMILES string of the molecule is CC(C(=O)N1CCCCC1CNC(=O)CCN)c1cccnc1. The fraction of sp³-hybridized carbons (Fsp3) is 0.588. The number of carbonyl (C=O) groups excluding carboxylic acids is 2. The first-order valence-electron chi connectivity index (χ1n) is 8.30. The number of pyridine rings is 1. The van der Waals surface area contributed by atoms with Crippen LogP contribution in [0.1, 0.15) is 44.1 Å². The Labute approximate surface area is 137 Å². The molecule has 2 atom stereocenters. The van der Waals surface area contributed by atoms with Crippen LogP contribution in [0.25, 0.3) is 0 Å². The Hall–Kier alpha value is -1.95. The Morgan fingerprint density at radius 3 is 3.00 bits per heavy atom. The van der Waals surface area contributed by atoms with Gasteiger partial charge in [-0.15, -0.1) is 0 Å². The maximum atomic E-state index is 12.8. The lowest BCUT2D eigenvalue weighted by molar-refractivity contribution is -0.136. The highest BCUT2D eigenvalue weighted by molar-refractivity contribution is 5.83. The molecule has 23 heavy (non-hydrogen) atoms. The second-order valence-electron chi connectivity index (χ2n) is 6.03. The number of hydrogen-bond donors (Lipinski definition) is 2. The summed E-state index contributed by atoms with van der Waals surface area (Å²) >= 11 is 0. The predicted molar refractivity (Wildman–Crippen MR) is 88.7 cm³/mol. The smallest absolute Gasteiger partial charge is 0.230 e. The number of rotatable bonds is 6. The standard InChI is InChI=1S/C17H26N4O2/c1-13(14-5-4-9-19-11-14)17(23)21-10-3-2-6-15(21)12-20-16(22)7-8-18/h4-5,9,11,13,15H,2-3,6-8,10,12,18H2,1H3,(H,20,22). The molecule has 2 unspecified atom stereocenters. The van der Waals surface area contributed by atoms with Crippen molar-refractivity contribution in [2.45, 2.75) is 44.6 Å². The van der Waals surface area contributed by atoms with Crippen molar-refractivity contribution in [3.05, 3.63) is 30.1 Å². The number of nitrogens with zero attached hydrogens (tertiary/aromatic N) is 2. The van der Waals surface area contributed by atoms with Crippen LogP contribution in [0.15, 0.2) is 24.5 Å². The van der Waals surface area contributed by atoms with E-state index in [4.69, 9.17) is 5.73 Å². The normalized spacial score (nSPS) is 19.2. The van der Waals surface area contributed by atoms with Crippen LogP contribution < -0.4 is 11.1 Å². The van der Waals surface area contributed by atoms with Gasteiger partial charge in [-0.1, -0.05) is 6.07 Å². The highest BCUT2D eigenvalue weighted by atomic mass is 16.2. The summed E-state index contributed by atoms with van der Waals surface area (Å²) in [6.07, 6.45) is 6.80. The van der Waals surface area contributed by atoms with Crippen LogP contribution >= 0.6 is 0 Å². The first kappa shape index (κ1) is 17.4. The van der Waals surface area contributed by atoms with Crippen LogP contribution in [0.5, 0.6) is 0 Å². The monoisotopic (exact) mass is 318 g/mol. The van der Waals surface area contributed by atoms with E-state index in [-0.39, 0.29) is 23.8 Å². The first-order chi connectivity index (χ1) is 11.1. The van der Waals surface area contributed by atoms with Gasteiger partial charge >= 0.3 is 0 Å². The van der Waals surface area contributed by atoms with E-state index in [0.717, 1.165) is 31.4 Å².